The molecule has 2 aliphatic rings. The van der Waals surface area contributed by atoms with Gasteiger partial charge >= 0.3 is 11.9 Å². The summed E-state index contributed by atoms with van der Waals surface area (Å²) in [4.78, 5) is 23.9. The molecule has 2 fully saturated rings. The van der Waals surface area contributed by atoms with Crippen molar-refractivity contribution in [2.45, 2.75) is 57.0 Å². The molecule has 26 heavy (non-hydrogen) atoms. The van der Waals surface area contributed by atoms with Crippen molar-refractivity contribution in [2.24, 2.45) is 5.41 Å². The molecule has 0 heterocycles. The Morgan fingerprint density at radius 2 is 1.85 bits per heavy atom. The minimum atomic E-state index is -1.45. The van der Waals surface area contributed by atoms with E-state index in [9.17, 15) is 14.7 Å². The first-order valence-corrected chi connectivity index (χ1v) is 9.16. The quantitative estimate of drug-likeness (QED) is 0.616. The number of methoxy groups -OCH3 is 2. The summed E-state index contributed by atoms with van der Waals surface area (Å²) in [6, 6.07) is 5.73. The molecule has 3 rings (SSSR count). The summed E-state index contributed by atoms with van der Waals surface area (Å²) in [6.45, 7) is 0. The van der Waals surface area contributed by atoms with Crippen LogP contribution in [0.3, 0.4) is 0 Å². The average molecular weight is 362 g/mol. The highest BCUT2D eigenvalue weighted by molar-refractivity contribution is 5.99. The van der Waals surface area contributed by atoms with Crippen LogP contribution >= 0.6 is 0 Å². The Hall–Kier alpha value is -2.24. The van der Waals surface area contributed by atoms with Gasteiger partial charge in [0.15, 0.2) is 16.9 Å². The van der Waals surface area contributed by atoms with Gasteiger partial charge in [-0.05, 0) is 68.6 Å². The topological polar surface area (TPSA) is 82.1 Å². The highest BCUT2D eigenvalue weighted by atomic mass is 16.5. The minimum Gasteiger partial charge on any atom is -0.493 e. The van der Waals surface area contributed by atoms with Crippen LogP contribution in [0.1, 0.15) is 56.4 Å². The van der Waals surface area contributed by atoms with Crippen LogP contribution in [-0.4, -0.2) is 37.4 Å². The number of ether oxygens (including phenoxy) is 3. The van der Waals surface area contributed by atoms with Gasteiger partial charge in [-0.1, -0.05) is 6.07 Å². The lowest BCUT2D eigenvalue weighted by Gasteiger charge is -2.22. The fraction of sp³-hybridized carbons (Fsp3) is 0.600. The fourth-order valence-corrected chi connectivity index (χ4v) is 4.22. The van der Waals surface area contributed by atoms with Gasteiger partial charge in [-0.15, -0.1) is 0 Å². The van der Waals surface area contributed by atoms with Crippen molar-refractivity contribution in [3.63, 3.8) is 0 Å². The molecule has 2 atom stereocenters. The number of hydrogen-bond donors (Lipinski definition) is 1. The summed E-state index contributed by atoms with van der Waals surface area (Å²) in [7, 11) is 2.85. The summed E-state index contributed by atoms with van der Waals surface area (Å²) in [5.74, 6) is -0.424. The van der Waals surface area contributed by atoms with Crippen molar-refractivity contribution in [2.75, 3.05) is 14.2 Å². The number of esters is 1. The molecule has 0 bridgehead atoms. The number of benzene rings is 1. The molecule has 0 spiro atoms. The van der Waals surface area contributed by atoms with E-state index in [2.05, 4.69) is 0 Å². The third kappa shape index (κ3) is 3.37. The predicted molar refractivity (Wildman–Crippen MR) is 94.6 cm³/mol. The van der Waals surface area contributed by atoms with Gasteiger partial charge < -0.3 is 19.3 Å². The first kappa shape index (κ1) is 18.5. The number of carbonyl (C=O) groups is 2. The maximum Gasteiger partial charge on any atom is 0.323 e. The number of carbonyl (C=O) groups excluding carboxylic acids is 1. The Kier molecular flexibility index (Phi) is 5.39. The van der Waals surface area contributed by atoms with E-state index in [-0.39, 0.29) is 24.9 Å². The lowest BCUT2D eigenvalue weighted by atomic mass is 9.84. The molecule has 0 amide bonds. The van der Waals surface area contributed by atoms with Gasteiger partial charge in [0.25, 0.3) is 0 Å². The molecular weight excluding hydrogens is 336 g/mol. The fourth-order valence-electron chi connectivity index (χ4n) is 4.22. The highest BCUT2D eigenvalue weighted by Gasteiger charge is 2.53. The second-order valence-corrected chi connectivity index (χ2v) is 7.25. The largest absolute Gasteiger partial charge is 0.493 e. The van der Waals surface area contributed by atoms with Crippen LogP contribution in [0.5, 0.6) is 11.5 Å². The van der Waals surface area contributed by atoms with Crippen molar-refractivity contribution in [3.8, 4) is 11.5 Å². The summed E-state index contributed by atoms with van der Waals surface area (Å²) < 4.78 is 16.3. The van der Waals surface area contributed by atoms with E-state index in [1.54, 1.807) is 7.11 Å². The van der Waals surface area contributed by atoms with Crippen LogP contribution < -0.4 is 9.47 Å². The molecule has 2 unspecified atom stereocenters. The molecule has 6 heteroatoms. The third-order valence-electron chi connectivity index (χ3n) is 5.75. The molecular formula is C20H26O6. The lowest BCUT2D eigenvalue weighted by Crippen LogP contribution is -2.37. The Bertz CT molecular complexity index is 679. The van der Waals surface area contributed by atoms with Crippen LogP contribution in [0.4, 0.5) is 0 Å². The van der Waals surface area contributed by atoms with Crippen LogP contribution in [0.25, 0.3) is 0 Å². The third-order valence-corrected chi connectivity index (χ3v) is 5.75. The smallest absolute Gasteiger partial charge is 0.323 e. The van der Waals surface area contributed by atoms with Gasteiger partial charge in [-0.2, -0.15) is 0 Å². The van der Waals surface area contributed by atoms with Crippen molar-refractivity contribution < 1.29 is 28.9 Å². The zero-order chi connectivity index (χ0) is 18.7. The number of carboxylic acid groups (broad SMARTS) is 1. The maximum absolute atomic E-state index is 12.1. The van der Waals surface area contributed by atoms with E-state index in [1.807, 2.05) is 18.2 Å². The van der Waals surface area contributed by atoms with E-state index in [0.717, 1.165) is 18.4 Å². The van der Waals surface area contributed by atoms with E-state index < -0.39 is 17.4 Å². The first-order chi connectivity index (χ1) is 12.5. The first-order valence-electron chi connectivity index (χ1n) is 9.16. The highest BCUT2D eigenvalue weighted by Crippen LogP contribution is 2.49. The molecule has 2 aliphatic carbocycles. The van der Waals surface area contributed by atoms with E-state index in [1.165, 1.54) is 20.0 Å². The van der Waals surface area contributed by atoms with Crippen molar-refractivity contribution in [3.05, 3.63) is 23.8 Å². The van der Waals surface area contributed by atoms with Crippen LogP contribution in [-0.2, 0) is 14.3 Å². The van der Waals surface area contributed by atoms with Gasteiger partial charge in [0.2, 0.25) is 0 Å². The molecule has 6 nitrogen and oxygen atoms in total. The van der Waals surface area contributed by atoms with Crippen molar-refractivity contribution in [1.82, 2.24) is 0 Å². The predicted octanol–water partition coefficient (Wildman–Crippen LogP) is 3.53. The van der Waals surface area contributed by atoms with Gasteiger partial charge in [0.05, 0.1) is 20.3 Å². The van der Waals surface area contributed by atoms with Crippen LogP contribution in [0.2, 0.25) is 0 Å². The Morgan fingerprint density at radius 1 is 1.12 bits per heavy atom. The van der Waals surface area contributed by atoms with Crippen LogP contribution in [0, 0.1) is 5.41 Å². The second-order valence-electron chi connectivity index (χ2n) is 7.25. The van der Waals surface area contributed by atoms with Crippen molar-refractivity contribution >= 4 is 11.9 Å². The molecule has 1 aromatic rings. The van der Waals surface area contributed by atoms with Crippen molar-refractivity contribution in [1.29, 1.82) is 0 Å². The molecule has 0 radical (unpaired) electrons. The molecule has 1 N–H and O–H groups in total. The Labute approximate surface area is 153 Å². The number of aliphatic carboxylic acids is 1. The zero-order valence-electron chi connectivity index (χ0n) is 15.3. The standard InChI is InChI=1S/C20H26O6/c1-24-16-8-7-13(11-17(16)26-15-5-3-4-6-15)14-9-10-20(12-14,18(21)22)19(23)25-2/h7-8,11,14-15H,3-6,9-10,12H2,1-2H3,(H,21,22). The van der Waals surface area contributed by atoms with E-state index in [0.29, 0.717) is 17.9 Å². The molecule has 1 aromatic carbocycles. The summed E-state index contributed by atoms with van der Waals surface area (Å²) in [6.07, 6.45) is 5.79. The molecule has 0 aliphatic heterocycles. The molecule has 2 saturated carbocycles. The van der Waals surface area contributed by atoms with Gasteiger partial charge in [0.1, 0.15) is 0 Å². The number of rotatable bonds is 6. The average Bonchev–Trinajstić information content (AvgIpc) is 3.31. The number of carboxylic acids is 1. The summed E-state index contributed by atoms with van der Waals surface area (Å²) in [5, 5.41) is 9.61. The molecule has 0 aromatic heterocycles. The monoisotopic (exact) mass is 362 g/mol. The number of hydrogen-bond acceptors (Lipinski definition) is 5. The molecule has 142 valence electrons. The van der Waals surface area contributed by atoms with E-state index >= 15 is 0 Å². The van der Waals surface area contributed by atoms with Gasteiger partial charge in [0, 0.05) is 0 Å². The maximum atomic E-state index is 12.1. The summed E-state index contributed by atoms with van der Waals surface area (Å²) >= 11 is 0. The van der Waals surface area contributed by atoms with Gasteiger partial charge in [-0.25, -0.2) is 0 Å². The summed E-state index contributed by atoms with van der Waals surface area (Å²) in [5.41, 5.74) is -0.475. The Balaban J connectivity index is 1.83. The second kappa shape index (κ2) is 7.56. The van der Waals surface area contributed by atoms with Gasteiger partial charge in [-0.3, -0.25) is 9.59 Å². The zero-order valence-corrected chi connectivity index (χ0v) is 15.3. The van der Waals surface area contributed by atoms with E-state index in [4.69, 9.17) is 14.2 Å². The van der Waals surface area contributed by atoms with Crippen LogP contribution in [0.15, 0.2) is 18.2 Å². The Morgan fingerprint density at radius 3 is 2.46 bits per heavy atom. The normalized spacial score (nSPS) is 25.8. The molecule has 0 saturated heterocycles. The minimum absolute atomic E-state index is 0.0259. The SMILES string of the molecule is COC(=O)C1(C(=O)O)CCC(c2ccc(OC)c(OC3CCCC3)c2)C1. The lowest BCUT2D eigenvalue weighted by molar-refractivity contribution is -0.166.